The normalized spacial score (nSPS) is 16.0. The van der Waals surface area contributed by atoms with Crippen LogP contribution in [0.1, 0.15) is 26.5 Å². The first-order valence-electron chi connectivity index (χ1n) is 13.3. The lowest BCUT2D eigenvalue weighted by Gasteiger charge is -2.21. The van der Waals surface area contributed by atoms with Crippen molar-refractivity contribution in [1.82, 2.24) is 9.78 Å². The number of amidine groups is 1. The van der Waals surface area contributed by atoms with Gasteiger partial charge in [0.25, 0.3) is 5.91 Å². The maximum absolute atomic E-state index is 13.4. The molecule has 0 saturated heterocycles. The van der Waals surface area contributed by atoms with Crippen LogP contribution in [0.5, 0.6) is 5.75 Å². The largest absolute Gasteiger partial charge is 0.458 e. The number of dihydropyridines is 1. The highest BCUT2D eigenvalue weighted by molar-refractivity contribution is 6.42. The Hall–Kier alpha value is -4.80. The predicted molar refractivity (Wildman–Crippen MR) is 171 cm³/mol. The second-order valence-electron chi connectivity index (χ2n) is 10.8. The van der Waals surface area contributed by atoms with Crippen LogP contribution in [0.3, 0.4) is 0 Å². The monoisotopic (exact) mass is 613 g/mol. The number of ether oxygens (including phenoxy) is 1. The van der Waals surface area contributed by atoms with E-state index in [4.69, 9.17) is 33.0 Å². The number of rotatable bonds is 5. The van der Waals surface area contributed by atoms with Crippen LogP contribution in [-0.4, -0.2) is 46.0 Å². The Labute approximate surface area is 256 Å². The number of carbonyl (C=O) groups is 2. The van der Waals surface area contributed by atoms with E-state index in [1.165, 1.54) is 6.21 Å². The maximum atomic E-state index is 13.4. The van der Waals surface area contributed by atoms with Crippen LogP contribution < -0.4 is 15.4 Å². The lowest BCUT2D eigenvalue weighted by Crippen LogP contribution is -2.30. The minimum atomic E-state index is -0.608. The van der Waals surface area contributed by atoms with Gasteiger partial charge in [-0.3, -0.25) is 15.1 Å². The van der Waals surface area contributed by atoms with E-state index in [0.29, 0.717) is 38.7 Å². The molecular weight excluding hydrogens is 589 g/mol. The summed E-state index contributed by atoms with van der Waals surface area (Å²) in [4.78, 5) is 37.3. The van der Waals surface area contributed by atoms with Crippen molar-refractivity contribution in [3.05, 3.63) is 88.2 Å². The molecule has 43 heavy (non-hydrogen) atoms. The Morgan fingerprint density at radius 2 is 1.77 bits per heavy atom. The second kappa shape index (κ2) is 11.1. The molecule has 0 bridgehead atoms. The number of nitrogens with zero attached hydrogens (tertiary/aromatic N) is 5. The summed E-state index contributed by atoms with van der Waals surface area (Å²) in [5, 5.41) is 12.9. The van der Waals surface area contributed by atoms with Gasteiger partial charge in [-0.2, -0.15) is 10.1 Å². The number of benzene rings is 3. The summed E-state index contributed by atoms with van der Waals surface area (Å²) in [5.41, 5.74) is 1.72. The molecule has 12 heteroatoms. The van der Waals surface area contributed by atoms with Crippen molar-refractivity contribution >= 4 is 75.7 Å². The minimum absolute atomic E-state index is 0.273. The fourth-order valence-corrected chi connectivity index (χ4v) is 4.88. The van der Waals surface area contributed by atoms with Gasteiger partial charge in [-0.25, -0.2) is 14.5 Å². The molecule has 1 atom stereocenters. The number of aromatic nitrogens is 2. The van der Waals surface area contributed by atoms with Gasteiger partial charge in [0.2, 0.25) is 0 Å². The summed E-state index contributed by atoms with van der Waals surface area (Å²) < 4.78 is 7.87. The minimum Gasteiger partial charge on any atom is -0.458 e. The third-order valence-electron chi connectivity index (χ3n) is 6.75. The second-order valence-corrected chi connectivity index (χ2v) is 11.7. The van der Waals surface area contributed by atoms with E-state index < -0.39 is 18.0 Å². The molecule has 3 amide bonds. The Kier molecular flexibility index (Phi) is 7.33. The Bertz CT molecular complexity index is 1920. The molecule has 216 valence electrons. The van der Waals surface area contributed by atoms with Crippen LogP contribution in [0.2, 0.25) is 10.0 Å². The molecular formula is C31H25Cl2N7O3. The van der Waals surface area contributed by atoms with Crippen LogP contribution in [0, 0.1) is 0 Å². The average Bonchev–Trinajstić information content (AvgIpc) is 3.40. The van der Waals surface area contributed by atoms with Crippen molar-refractivity contribution in [3.63, 3.8) is 0 Å². The molecule has 2 N–H and O–H groups in total. The molecule has 1 unspecified atom stereocenters. The van der Waals surface area contributed by atoms with Gasteiger partial charge in [-0.05, 0) is 36.4 Å². The van der Waals surface area contributed by atoms with Gasteiger partial charge in [0.1, 0.15) is 17.3 Å². The van der Waals surface area contributed by atoms with Gasteiger partial charge in [0.15, 0.2) is 11.9 Å². The number of nitrogens with one attached hydrogen (secondary N) is 2. The highest BCUT2D eigenvalue weighted by Gasteiger charge is 2.28. The van der Waals surface area contributed by atoms with E-state index in [1.807, 2.05) is 51.1 Å². The number of anilines is 2. The molecule has 2 aliphatic rings. The average molecular weight is 614 g/mol. The van der Waals surface area contributed by atoms with Gasteiger partial charge in [-0.1, -0.05) is 68.2 Å². The standard InChI is InChI=1S/C31H25Cl2N7O3/c1-31(2,3)25-15-26(40(39-25)17-8-9-20(32)21(33)14-17)37-30(42)36-22-10-11-23(19-7-5-4-6-18(19)22)43-24-12-13-34-29-28(24)35-16-27(41)38-29/h4-16,28H,1-3H3,(H2,36,37,42). The molecule has 3 heterocycles. The van der Waals surface area contributed by atoms with Crippen LogP contribution in [0.25, 0.3) is 16.5 Å². The van der Waals surface area contributed by atoms with E-state index in [9.17, 15) is 9.59 Å². The quantitative estimate of drug-likeness (QED) is 0.251. The number of aliphatic imine (C=N–C) groups is 3. The zero-order valence-electron chi connectivity index (χ0n) is 23.3. The summed E-state index contributed by atoms with van der Waals surface area (Å²) in [6.07, 6.45) is 4.37. The first-order valence-corrected chi connectivity index (χ1v) is 14.1. The molecule has 0 fully saturated rings. The van der Waals surface area contributed by atoms with Crippen molar-refractivity contribution in [3.8, 4) is 11.4 Å². The first-order chi connectivity index (χ1) is 20.6. The van der Waals surface area contributed by atoms with E-state index in [2.05, 4.69) is 25.6 Å². The fourth-order valence-electron chi connectivity index (χ4n) is 4.59. The zero-order valence-corrected chi connectivity index (χ0v) is 24.8. The number of hydrogen-bond acceptors (Lipinski definition) is 6. The number of urea groups is 1. The third-order valence-corrected chi connectivity index (χ3v) is 7.48. The van der Waals surface area contributed by atoms with Crippen LogP contribution in [0.4, 0.5) is 16.3 Å². The van der Waals surface area contributed by atoms with Crippen LogP contribution >= 0.6 is 23.2 Å². The molecule has 0 saturated carbocycles. The molecule has 4 aromatic rings. The van der Waals surface area contributed by atoms with Gasteiger partial charge in [0, 0.05) is 28.5 Å². The summed E-state index contributed by atoms with van der Waals surface area (Å²) >= 11 is 12.4. The van der Waals surface area contributed by atoms with Crippen molar-refractivity contribution in [1.29, 1.82) is 0 Å². The summed E-state index contributed by atoms with van der Waals surface area (Å²) in [5.74, 6) is 1.30. The third kappa shape index (κ3) is 5.79. The molecule has 0 spiro atoms. The van der Waals surface area contributed by atoms with Gasteiger partial charge in [-0.15, -0.1) is 0 Å². The highest BCUT2D eigenvalue weighted by Crippen LogP contribution is 2.34. The Balaban J connectivity index is 1.27. The van der Waals surface area contributed by atoms with Gasteiger partial charge < -0.3 is 10.1 Å². The number of allylic oxidation sites excluding steroid dienone is 1. The molecule has 2 aliphatic heterocycles. The van der Waals surface area contributed by atoms with Gasteiger partial charge >= 0.3 is 6.03 Å². The Morgan fingerprint density at radius 1 is 0.977 bits per heavy atom. The lowest BCUT2D eigenvalue weighted by molar-refractivity contribution is -0.111. The first kappa shape index (κ1) is 28.3. The van der Waals surface area contributed by atoms with E-state index >= 15 is 0 Å². The smallest absolute Gasteiger partial charge is 0.324 e. The van der Waals surface area contributed by atoms with E-state index in [1.54, 1.807) is 41.1 Å². The maximum Gasteiger partial charge on any atom is 0.324 e. The summed E-state index contributed by atoms with van der Waals surface area (Å²) in [6, 6.07) is 17.0. The highest BCUT2D eigenvalue weighted by atomic mass is 35.5. The number of halogens is 2. The fraction of sp³-hybridized carbons (Fsp3) is 0.161. The van der Waals surface area contributed by atoms with Crippen LogP contribution in [0.15, 0.2) is 87.5 Å². The number of carbonyl (C=O) groups excluding carboxylic acids is 2. The summed E-state index contributed by atoms with van der Waals surface area (Å²) in [7, 11) is 0. The molecule has 1 aromatic heterocycles. The topological polar surface area (TPSA) is 122 Å². The van der Waals surface area contributed by atoms with Crippen molar-refractivity contribution < 1.29 is 14.3 Å². The molecule has 0 aliphatic carbocycles. The molecule has 3 aromatic carbocycles. The van der Waals surface area contributed by atoms with E-state index in [-0.39, 0.29) is 11.3 Å². The molecule has 0 radical (unpaired) electrons. The number of fused-ring (bicyclic) bond motifs is 2. The number of amides is 3. The van der Waals surface area contributed by atoms with Crippen molar-refractivity contribution in [2.75, 3.05) is 10.6 Å². The van der Waals surface area contributed by atoms with Crippen molar-refractivity contribution in [2.45, 2.75) is 32.2 Å². The van der Waals surface area contributed by atoms with E-state index in [0.717, 1.165) is 22.7 Å². The molecule has 6 rings (SSSR count). The predicted octanol–water partition coefficient (Wildman–Crippen LogP) is 7.00. The Morgan fingerprint density at radius 3 is 2.53 bits per heavy atom. The molecule has 10 nitrogen and oxygen atoms in total. The number of hydrogen-bond donors (Lipinski definition) is 2. The SMILES string of the molecule is CC(C)(C)c1cc(NC(=O)Nc2ccc(OC3=CC=NC4=NC(=O)C=NC34)c3ccccc23)n(-c2ccc(Cl)c(Cl)c2)n1. The van der Waals surface area contributed by atoms with Crippen molar-refractivity contribution in [2.24, 2.45) is 15.0 Å². The van der Waals surface area contributed by atoms with Gasteiger partial charge in [0.05, 0.1) is 33.3 Å². The summed E-state index contributed by atoms with van der Waals surface area (Å²) in [6.45, 7) is 6.12. The lowest BCUT2D eigenvalue weighted by atomic mass is 9.92. The van der Waals surface area contributed by atoms with Crippen LogP contribution in [-0.2, 0) is 10.2 Å². The zero-order chi connectivity index (χ0) is 30.3.